The third kappa shape index (κ3) is 6.45. The quantitative estimate of drug-likeness (QED) is 0.604. The second-order valence-electron chi connectivity index (χ2n) is 7.92. The molecule has 1 aliphatic rings. The molecule has 0 radical (unpaired) electrons. The molecule has 1 fully saturated rings. The first-order valence-corrected chi connectivity index (χ1v) is 12.4. The molecule has 0 aromatic heterocycles. The van der Waals surface area contributed by atoms with Crippen molar-refractivity contribution in [3.8, 4) is 5.75 Å². The Morgan fingerprint density at radius 2 is 2.00 bits per heavy atom. The minimum absolute atomic E-state index is 0.119. The number of nitrogens with zero attached hydrogens (tertiary/aromatic N) is 1. The largest absolute Gasteiger partial charge is 0.491 e. The molecule has 3 rings (SSSR count). The summed E-state index contributed by atoms with van der Waals surface area (Å²) < 4.78 is 32.9. The van der Waals surface area contributed by atoms with Crippen LogP contribution in [-0.4, -0.2) is 44.9 Å². The Morgan fingerprint density at radius 3 is 2.77 bits per heavy atom. The summed E-state index contributed by atoms with van der Waals surface area (Å²) in [5.41, 5.74) is 2.88. The van der Waals surface area contributed by atoms with Crippen LogP contribution in [0.15, 0.2) is 42.5 Å². The molecule has 1 atom stereocenters. The lowest BCUT2D eigenvalue weighted by molar-refractivity contribution is -0.126. The van der Waals surface area contributed by atoms with Crippen LogP contribution in [0.3, 0.4) is 0 Å². The van der Waals surface area contributed by atoms with Crippen molar-refractivity contribution in [3.63, 3.8) is 0 Å². The molecule has 168 valence electrons. The molecular weight excluding hydrogens is 436 g/mol. The van der Waals surface area contributed by atoms with Crippen molar-refractivity contribution in [1.29, 1.82) is 0 Å². The van der Waals surface area contributed by atoms with Crippen molar-refractivity contribution in [3.05, 3.63) is 64.2 Å². The van der Waals surface area contributed by atoms with Crippen LogP contribution in [0.4, 0.5) is 0 Å². The molecule has 6 nitrogen and oxygen atoms in total. The number of sulfonamides is 1. The Bertz CT molecular complexity index is 1030. The fourth-order valence-corrected chi connectivity index (χ4v) is 5.51. The molecule has 1 saturated heterocycles. The average Bonchev–Trinajstić information content (AvgIpc) is 2.73. The number of amides is 1. The van der Waals surface area contributed by atoms with Gasteiger partial charge in [0.2, 0.25) is 15.9 Å². The van der Waals surface area contributed by atoms with Crippen LogP contribution in [0.1, 0.15) is 29.5 Å². The molecule has 0 bridgehead atoms. The predicted octanol–water partition coefficient (Wildman–Crippen LogP) is 3.69. The molecule has 1 amide bonds. The predicted molar refractivity (Wildman–Crippen MR) is 123 cm³/mol. The van der Waals surface area contributed by atoms with Crippen LogP contribution in [0.5, 0.6) is 5.75 Å². The van der Waals surface area contributed by atoms with E-state index >= 15 is 0 Å². The van der Waals surface area contributed by atoms with Gasteiger partial charge in [-0.3, -0.25) is 4.79 Å². The van der Waals surface area contributed by atoms with Gasteiger partial charge in [0.15, 0.2) is 0 Å². The van der Waals surface area contributed by atoms with Crippen molar-refractivity contribution in [2.45, 2.75) is 32.4 Å². The van der Waals surface area contributed by atoms with Crippen LogP contribution in [0, 0.1) is 19.8 Å². The van der Waals surface area contributed by atoms with E-state index in [0.29, 0.717) is 43.1 Å². The summed E-state index contributed by atoms with van der Waals surface area (Å²) in [4.78, 5) is 12.6. The van der Waals surface area contributed by atoms with E-state index in [1.807, 2.05) is 32.0 Å². The van der Waals surface area contributed by atoms with Crippen LogP contribution in [-0.2, 0) is 20.6 Å². The van der Waals surface area contributed by atoms with Crippen LogP contribution in [0.2, 0.25) is 5.02 Å². The van der Waals surface area contributed by atoms with Gasteiger partial charge in [-0.25, -0.2) is 12.7 Å². The van der Waals surface area contributed by atoms with Gasteiger partial charge in [0.05, 0.1) is 18.2 Å². The number of piperidine rings is 1. The Labute approximate surface area is 189 Å². The lowest BCUT2D eigenvalue weighted by atomic mass is 9.99. The Balaban J connectivity index is 1.50. The van der Waals surface area contributed by atoms with E-state index in [4.69, 9.17) is 16.3 Å². The van der Waals surface area contributed by atoms with Gasteiger partial charge in [0.25, 0.3) is 0 Å². The monoisotopic (exact) mass is 464 g/mol. The second kappa shape index (κ2) is 10.5. The van der Waals surface area contributed by atoms with E-state index < -0.39 is 10.0 Å². The van der Waals surface area contributed by atoms with Crippen LogP contribution in [0.25, 0.3) is 0 Å². The normalized spacial score (nSPS) is 17.3. The third-order valence-electron chi connectivity index (χ3n) is 5.60. The van der Waals surface area contributed by atoms with Crippen molar-refractivity contribution in [2.75, 3.05) is 26.2 Å². The topological polar surface area (TPSA) is 75.7 Å². The molecule has 1 heterocycles. The number of hydrogen-bond acceptors (Lipinski definition) is 4. The molecule has 31 heavy (non-hydrogen) atoms. The smallest absolute Gasteiger partial charge is 0.224 e. The van der Waals surface area contributed by atoms with Crippen LogP contribution >= 0.6 is 11.6 Å². The number of ether oxygens (including phenoxy) is 1. The van der Waals surface area contributed by atoms with Gasteiger partial charge in [0.1, 0.15) is 12.4 Å². The molecule has 0 unspecified atom stereocenters. The summed E-state index contributed by atoms with van der Waals surface area (Å²) in [5, 5.41) is 3.39. The minimum atomic E-state index is -3.52. The SMILES string of the molecule is Cc1cccc(OCCNC(=O)[C@@H]2CCCN(S(=O)(=O)Cc3cccc(Cl)c3)C2)c1C. The van der Waals surface area contributed by atoms with Crippen molar-refractivity contribution < 1.29 is 17.9 Å². The van der Waals surface area contributed by atoms with Crippen LogP contribution < -0.4 is 10.1 Å². The zero-order valence-electron chi connectivity index (χ0n) is 17.9. The highest BCUT2D eigenvalue weighted by Gasteiger charge is 2.32. The zero-order valence-corrected chi connectivity index (χ0v) is 19.5. The molecular formula is C23H29ClN2O4S. The molecule has 1 N–H and O–H groups in total. The maximum atomic E-state index is 12.8. The first-order valence-electron chi connectivity index (χ1n) is 10.5. The number of carbonyl (C=O) groups excluding carboxylic acids is 1. The molecule has 8 heteroatoms. The average molecular weight is 465 g/mol. The van der Waals surface area contributed by atoms with Gasteiger partial charge >= 0.3 is 0 Å². The van der Waals surface area contributed by atoms with Crippen molar-refractivity contribution in [1.82, 2.24) is 9.62 Å². The zero-order chi connectivity index (χ0) is 22.4. The summed E-state index contributed by atoms with van der Waals surface area (Å²) in [7, 11) is -3.52. The van der Waals surface area contributed by atoms with E-state index in [1.54, 1.807) is 24.3 Å². The van der Waals surface area contributed by atoms with Gasteiger partial charge in [-0.2, -0.15) is 0 Å². The van der Waals surface area contributed by atoms with Gasteiger partial charge in [-0.1, -0.05) is 35.9 Å². The lowest BCUT2D eigenvalue weighted by Gasteiger charge is -2.31. The van der Waals surface area contributed by atoms with E-state index in [0.717, 1.165) is 16.9 Å². The fraction of sp³-hybridized carbons (Fsp3) is 0.435. The van der Waals surface area contributed by atoms with Crippen molar-refractivity contribution in [2.24, 2.45) is 5.92 Å². The molecule has 1 aliphatic heterocycles. The standard InChI is InChI=1S/C23H29ClN2O4S/c1-17-6-3-10-22(18(17)2)30-13-11-25-23(27)20-8-5-12-26(15-20)31(28,29)16-19-7-4-9-21(24)14-19/h3-4,6-7,9-10,14,20H,5,8,11-13,15-16H2,1-2H3,(H,25,27)/t20-/m1/s1. The maximum absolute atomic E-state index is 12.8. The molecule has 0 aliphatic carbocycles. The molecule has 2 aromatic rings. The van der Waals surface area contributed by atoms with Gasteiger partial charge in [-0.15, -0.1) is 0 Å². The van der Waals surface area contributed by atoms with E-state index in [2.05, 4.69) is 5.32 Å². The summed E-state index contributed by atoms with van der Waals surface area (Å²) in [6, 6.07) is 12.7. The van der Waals surface area contributed by atoms with E-state index in [1.165, 1.54) is 4.31 Å². The first-order chi connectivity index (χ1) is 14.8. The van der Waals surface area contributed by atoms with E-state index in [-0.39, 0.29) is 24.1 Å². The number of nitrogens with one attached hydrogen (secondary N) is 1. The highest BCUT2D eigenvalue weighted by Crippen LogP contribution is 2.23. The number of halogens is 1. The minimum Gasteiger partial charge on any atom is -0.491 e. The third-order valence-corrected chi connectivity index (χ3v) is 7.65. The van der Waals surface area contributed by atoms with Crippen molar-refractivity contribution >= 4 is 27.5 Å². The summed E-state index contributed by atoms with van der Waals surface area (Å²) in [6.07, 6.45) is 1.33. The maximum Gasteiger partial charge on any atom is 0.224 e. The van der Waals surface area contributed by atoms with Gasteiger partial charge in [0, 0.05) is 18.1 Å². The fourth-order valence-electron chi connectivity index (χ4n) is 3.70. The number of aryl methyl sites for hydroxylation is 1. The van der Waals surface area contributed by atoms with Gasteiger partial charge in [-0.05, 0) is 61.6 Å². The highest BCUT2D eigenvalue weighted by atomic mass is 35.5. The molecule has 0 saturated carbocycles. The Kier molecular flexibility index (Phi) is 7.97. The second-order valence-corrected chi connectivity index (χ2v) is 10.3. The molecule has 2 aromatic carbocycles. The number of rotatable bonds is 8. The van der Waals surface area contributed by atoms with Gasteiger partial charge < -0.3 is 10.1 Å². The first kappa shape index (κ1) is 23.6. The number of carbonyl (C=O) groups is 1. The Hall–Kier alpha value is -2.09. The summed E-state index contributed by atoms with van der Waals surface area (Å²) in [5.74, 6) is 0.201. The molecule has 0 spiro atoms. The summed E-state index contributed by atoms with van der Waals surface area (Å²) in [6.45, 7) is 5.40. The number of hydrogen-bond donors (Lipinski definition) is 1. The van der Waals surface area contributed by atoms with E-state index in [9.17, 15) is 13.2 Å². The summed E-state index contributed by atoms with van der Waals surface area (Å²) >= 11 is 5.97. The Morgan fingerprint density at radius 1 is 1.23 bits per heavy atom. The lowest BCUT2D eigenvalue weighted by Crippen LogP contribution is -2.46. The highest BCUT2D eigenvalue weighted by molar-refractivity contribution is 7.88. The number of benzene rings is 2.